The van der Waals surface area contributed by atoms with Crippen molar-refractivity contribution in [1.29, 1.82) is 0 Å². The first-order chi connectivity index (χ1) is 13.1. The predicted molar refractivity (Wildman–Crippen MR) is 105 cm³/mol. The second-order valence-corrected chi connectivity index (χ2v) is 6.53. The van der Waals surface area contributed by atoms with Gasteiger partial charge in [-0.2, -0.15) is 0 Å². The number of halogens is 2. The zero-order valence-electron chi connectivity index (χ0n) is 15.3. The summed E-state index contributed by atoms with van der Waals surface area (Å²) >= 11 is 0. The first-order valence-electron chi connectivity index (χ1n) is 8.91. The Morgan fingerprint density at radius 1 is 1.11 bits per heavy atom. The maximum atomic E-state index is 13.0. The standard InChI is InChI=1S/C19H22FN5O2.ClH/c20-15-3-1-14(2-4-15)12-24-18(26)16-17(23-8-7-22-16)19(27)25-9-5-13(11-21)6-10-25;/h1-4,7-8,13H,5-6,9-12,21H2,(H,24,26);1H. The number of amides is 2. The van der Waals surface area contributed by atoms with Crippen LogP contribution in [0.15, 0.2) is 36.7 Å². The van der Waals surface area contributed by atoms with Gasteiger partial charge in [-0.1, -0.05) is 12.1 Å². The average Bonchev–Trinajstić information content (AvgIpc) is 2.72. The zero-order valence-corrected chi connectivity index (χ0v) is 16.1. The van der Waals surface area contributed by atoms with E-state index in [1.807, 2.05) is 0 Å². The molecule has 1 aromatic heterocycles. The Morgan fingerprint density at radius 2 is 1.71 bits per heavy atom. The van der Waals surface area contributed by atoms with Gasteiger partial charge in [-0.25, -0.2) is 14.4 Å². The number of nitrogens with one attached hydrogen (secondary N) is 1. The number of carbonyl (C=O) groups is 2. The van der Waals surface area contributed by atoms with Crippen LogP contribution in [0.4, 0.5) is 4.39 Å². The third kappa shape index (κ3) is 5.24. The van der Waals surface area contributed by atoms with Gasteiger partial charge in [0.15, 0.2) is 11.4 Å². The van der Waals surface area contributed by atoms with Crippen LogP contribution in [0.1, 0.15) is 39.4 Å². The third-order valence-electron chi connectivity index (χ3n) is 4.72. The number of nitrogens with two attached hydrogens (primary N) is 1. The van der Waals surface area contributed by atoms with Gasteiger partial charge in [0.1, 0.15) is 5.82 Å². The molecule has 9 heteroatoms. The van der Waals surface area contributed by atoms with Gasteiger partial charge in [0.05, 0.1) is 0 Å². The summed E-state index contributed by atoms with van der Waals surface area (Å²) in [5.41, 5.74) is 6.46. The van der Waals surface area contributed by atoms with Crippen LogP contribution in [0.3, 0.4) is 0 Å². The zero-order chi connectivity index (χ0) is 19.2. The minimum Gasteiger partial charge on any atom is -0.347 e. The second-order valence-electron chi connectivity index (χ2n) is 6.53. The maximum absolute atomic E-state index is 13.0. The van der Waals surface area contributed by atoms with E-state index < -0.39 is 5.91 Å². The number of benzene rings is 1. The van der Waals surface area contributed by atoms with Crippen LogP contribution >= 0.6 is 12.4 Å². The van der Waals surface area contributed by atoms with E-state index in [-0.39, 0.29) is 42.1 Å². The van der Waals surface area contributed by atoms with Gasteiger partial charge in [0, 0.05) is 32.0 Å². The lowest BCUT2D eigenvalue weighted by Gasteiger charge is -2.31. The smallest absolute Gasteiger partial charge is 0.274 e. The number of hydrogen-bond donors (Lipinski definition) is 2. The summed E-state index contributed by atoms with van der Waals surface area (Å²) in [6, 6.07) is 5.81. The molecule has 0 bridgehead atoms. The molecular formula is C19H23ClFN5O2. The minimum atomic E-state index is -0.493. The molecule has 2 heterocycles. The molecule has 3 rings (SSSR count). The fourth-order valence-electron chi connectivity index (χ4n) is 3.05. The number of carbonyl (C=O) groups excluding carboxylic acids is 2. The summed E-state index contributed by atoms with van der Waals surface area (Å²) in [7, 11) is 0. The van der Waals surface area contributed by atoms with Crippen molar-refractivity contribution in [3.63, 3.8) is 0 Å². The largest absolute Gasteiger partial charge is 0.347 e. The Morgan fingerprint density at radius 3 is 2.32 bits per heavy atom. The lowest BCUT2D eigenvalue weighted by Crippen LogP contribution is -2.41. The van der Waals surface area contributed by atoms with Crippen LogP contribution in [0.25, 0.3) is 0 Å². The number of nitrogens with zero attached hydrogens (tertiary/aromatic N) is 3. The highest BCUT2D eigenvalue weighted by Crippen LogP contribution is 2.18. The summed E-state index contributed by atoms with van der Waals surface area (Å²) in [6.07, 6.45) is 4.46. The average molecular weight is 408 g/mol. The van der Waals surface area contributed by atoms with E-state index in [2.05, 4.69) is 15.3 Å². The van der Waals surface area contributed by atoms with Gasteiger partial charge >= 0.3 is 0 Å². The third-order valence-corrected chi connectivity index (χ3v) is 4.72. The Hall–Kier alpha value is -2.58. The first kappa shape index (κ1) is 21.7. The summed E-state index contributed by atoms with van der Waals surface area (Å²) in [5, 5.41) is 2.70. The Bertz CT molecular complexity index is 810. The molecule has 3 N–H and O–H groups in total. The quantitative estimate of drug-likeness (QED) is 0.786. The lowest BCUT2D eigenvalue weighted by molar-refractivity contribution is 0.0681. The molecule has 7 nitrogen and oxygen atoms in total. The van der Waals surface area contributed by atoms with E-state index in [9.17, 15) is 14.0 Å². The summed E-state index contributed by atoms with van der Waals surface area (Å²) in [4.78, 5) is 35.1. The van der Waals surface area contributed by atoms with Crippen LogP contribution in [0.5, 0.6) is 0 Å². The summed E-state index contributed by atoms with van der Waals surface area (Å²) < 4.78 is 13.0. The van der Waals surface area contributed by atoms with Crippen LogP contribution in [-0.4, -0.2) is 46.3 Å². The minimum absolute atomic E-state index is 0. The molecule has 2 amide bonds. The Kier molecular flexibility index (Phi) is 7.83. The highest BCUT2D eigenvalue weighted by Gasteiger charge is 2.27. The number of aromatic nitrogens is 2. The highest BCUT2D eigenvalue weighted by atomic mass is 35.5. The van der Waals surface area contributed by atoms with Gasteiger partial charge in [0.2, 0.25) is 0 Å². The molecule has 1 saturated heterocycles. The molecule has 0 radical (unpaired) electrons. The Labute approximate surface area is 168 Å². The van der Waals surface area contributed by atoms with Crippen molar-refractivity contribution in [2.24, 2.45) is 11.7 Å². The molecule has 0 saturated carbocycles. The van der Waals surface area contributed by atoms with E-state index in [4.69, 9.17) is 5.73 Å². The normalized spacial score (nSPS) is 14.3. The van der Waals surface area contributed by atoms with Crippen molar-refractivity contribution in [2.75, 3.05) is 19.6 Å². The molecule has 1 aliphatic rings. The van der Waals surface area contributed by atoms with Crippen molar-refractivity contribution in [3.05, 3.63) is 59.4 Å². The molecule has 0 unspecified atom stereocenters. The van der Waals surface area contributed by atoms with Crippen LogP contribution < -0.4 is 11.1 Å². The molecule has 0 atom stereocenters. The van der Waals surface area contributed by atoms with Crippen molar-refractivity contribution in [2.45, 2.75) is 19.4 Å². The molecule has 1 fully saturated rings. The van der Waals surface area contributed by atoms with Crippen LogP contribution in [0.2, 0.25) is 0 Å². The number of rotatable bonds is 5. The maximum Gasteiger partial charge on any atom is 0.274 e. The van der Waals surface area contributed by atoms with Crippen molar-refractivity contribution in [1.82, 2.24) is 20.2 Å². The van der Waals surface area contributed by atoms with Gasteiger partial charge in [-0.15, -0.1) is 12.4 Å². The van der Waals surface area contributed by atoms with Crippen LogP contribution in [-0.2, 0) is 6.54 Å². The SMILES string of the molecule is Cl.NCC1CCN(C(=O)c2nccnc2C(=O)NCc2ccc(F)cc2)CC1. The molecular weight excluding hydrogens is 385 g/mol. The number of piperidine rings is 1. The first-order valence-corrected chi connectivity index (χ1v) is 8.91. The van der Waals surface area contributed by atoms with Crippen molar-refractivity contribution < 1.29 is 14.0 Å². The number of hydrogen-bond acceptors (Lipinski definition) is 5. The molecule has 150 valence electrons. The molecule has 0 aliphatic carbocycles. The lowest BCUT2D eigenvalue weighted by atomic mass is 9.97. The monoisotopic (exact) mass is 407 g/mol. The fourth-order valence-corrected chi connectivity index (χ4v) is 3.05. The highest BCUT2D eigenvalue weighted by molar-refractivity contribution is 6.04. The van der Waals surface area contributed by atoms with E-state index in [1.165, 1.54) is 24.5 Å². The molecule has 1 aliphatic heterocycles. The van der Waals surface area contributed by atoms with Gasteiger partial charge < -0.3 is 16.0 Å². The molecule has 1 aromatic carbocycles. The van der Waals surface area contributed by atoms with Gasteiger partial charge in [-0.05, 0) is 43.0 Å². The van der Waals surface area contributed by atoms with Crippen molar-refractivity contribution >= 4 is 24.2 Å². The predicted octanol–water partition coefficient (Wildman–Crippen LogP) is 1.78. The molecule has 2 aromatic rings. The summed E-state index contributed by atoms with van der Waals surface area (Å²) in [5.74, 6) is -0.710. The Balaban J connectivity index is 0.00000280. The van der Waals surface area contributed by atoms with Crippen molar-refractivity contribution in [3.8, 4) is 0 Å². The summed E-state index contributed by atoms with van der Waals surface area (Å²) in [6.45, 7) is 2.00. The van der Waals surface area contributed by atoms with Gasteiger partial charge in [0.25, 0.3) is 11.8 Å². The molecule has 28 heavy (non-hydrogen) atoms. The van der Waals surface area contributed by atoms with Gasteiger partial charge in [-0.3, -0.25) is 9.59 Å². The van der Waals surface area contributed by atoms with E-state index >= 15 is 0 Å². The van der Waals surface area contributed by atoms with E-state index in [0.717, 1.165) is 18.4 Å². The second kappa shape index (κ2) is 10.1. The van der Waals surface area contributed by atoms with E-state index in [1.54, 1.807) is 17.0 Å². The van der Waals surface area contributed by atoms with E-state index in [0.29, 0.717) is 25.6 Å². The molecule has 0 spiro atoms. The van der Waals surface area contributed by atoms with Crippen LogP contribution in [0, 0.1) is 11.7 Å². The fraction of sp³-hybridized carbons (Fsp3) is 0.368. The number of likely N-dealkylation sites (tertiary alicyclic amines) is 1. The topological polar surface area (TPSA) is 101 Å².